The van der Waals surface area contributed by atoms with E-state index in [-0.39, 0.29) is 5.78 Å². The third kappa shape index (κ3) is 2.76. The summed E-state index contributed by atoms with van der Waals surface area (Å²) in [6.45, 7) is 3.40. The summed E-state index contributed by atoms with van der Waals surface area (Å²) in [6.07, 6.45) is 3.31. The lowest BCUT2D eigenvalue weighted by molar-refractivity contribution is 0.101. The van der Waals surface area contributed by atoms with Crippen molar-refractivity contribution in [2.45, 2.75) is 33.1 Å². The van der Waals surface area contributed by atoms with Crippen molar-refractivity contribution >= 4 is 27.3 Å². The molecular formula is C19H18N2O3S. The van der Waals surface area contributed by atoms with E-state index in [9.17, 15) is 4.79 Å². The third-order valence-electron chi connectivity index (χ3n) is 4.42. The molecule has 0 bridgehead atoms. The molecule has 128 valence electrons. The Balaban J connectivity index is 1.82. The maximum Gasteiger partial charge on any atom is 0.231 e. The van der Waals surface area contributed by atoms with E-state index in [0.29, 0.717) is 28.8 Å². The van der Waals surface area contributed by atoms with Gasteiger partial charge in [-0.05, 0) is 56.9 Å². The molecule has 2 heterocycles. The number of hydrogen-bond donors (Lipinski definition) is 0. The van der Waals surface area contributed by atoms with Gasteiger partial charge in [-0.1, -0.05) is 0 Å². The highest BCUT2D eigenvalue weighted by molar-refractivity contribution is 7.19. The quantitative estimate of drug-likeness (QED) is 0.646. The largest absolute Gasteiger partial charge is 0.493 e. The fraction of sp³-hybridized carbons (Fsp3) is 0.316. The van der Waals surface area contributed by atoms with Crippen molar-refractivity contribution in [3.63, 3.8) is 0 Å². The van der Waals surface area contributed by atoms with Gasteiger partial charge in [-0.3, -0.25) is 4.79 Å². The van der Waals surface area contributed by atoms with Gasteiger partial charge >= 0.3 is 0 Å². The highest BCUT2D eigenvalue weighted by Crippen LogP contribution is 2.42. The summed E-state index contributed by atoms with van der Waals surface area (Å²) in [6, 6.07) is 5.19. The maximum absolute atomic E-state index is 11.6. The van der Waals surface area contributed by atoms with Gasteiger partial charge in [-0.25, -0.2) is 4.98 Å². The number of carbonyl (C=O) groups is 1. The van der Waals surface area contributed by atoms with Crippen LogP contribution >= 0.6 is 11.3 Å². The Morgan fingerprint density at radius 2 is 2.04 bits per heavy atom. The molecule has 3 aromatic rings. The molecule has 0 aliphatic heterocycles. The van der Waals surface area contributed by atoms with Crippen LogP contribution < -0.4 is 9.47 Å². The van der Waals surface area contributed by atoms with Gasteiger partial charge in [0.05, 0.1) is 12.5 Å². The zero-order valence-corrected chi connectivity index (χ0v) is 15.2. The number of ether oxygens (including phenoxy) is 2. The van der Waals surface area contributed by atoms with Crippen LogP contribution in [0.25, 0.3) is 10.2 Å². The van der Waals surface area contributed by atoms with Gasteiger partial charge in [0.25, 0.3) is 0 Å². The predicted octanol–water partition coefficient (Wildman–Crippen LogP) is 4.49. The first kappa shape index (κ1) is 16.0. The molecule has 0 fully saturated rings. The number of methoxy groups -OCH3 is 1. The minimum Gasteiger partial charge on any atom is -0.493 e. The topological polar surface area (TPSA) is 61.3 Å². The van der Waals surface area contributed by atoms with Crippen molar-refractivity contribution in [1.82, 2.24) is 9.97 Å². The number of nitrogens with zero attached hydrogens (tertiary/aromatic N) is 2. The van der Waals surface area contributed by atoms with Crippen LogP contribution in [0, 0.1) is 6.92 Å². The van der Waals surface area contributed by atoms with Crippen molar-refractivity contribution < 1.29 is 14.3 Å². The van der Waals surface area contributed by atoms with Crippen molar-refractivity contribution in [2.75, 3.05) is 7.11 Å². The molecule has 0 amide bonds. The number of hydrogen-bond acceptors (Lipinski definition) is 6. The number of aryl methyl sites for hydroxylation is 3. The predicted molar refractivity (Wildman–Crippen MR) is 97.2 cm³/mol. The first-order valence-corrected chi connectivity index (χ1v) is 9.04. The first-order valence-electron chi connectivity index (χ1n) is 8.22. The molecule has 4 rings (SSSR count). The number of ketones is 1. The monoisotopic (exact) mass is 354 g/mol. The zero-order chi connectivity index (χ0) is 17.6. The molecule has 0 saturated heterocycles. The minimum absolute atomic E-state index is 0.0132. The van der Waals surface area contributed by atoms with Gasteiger partial charge < -0.3 is 9.47 Å². The van der Waals surface area contributed by atoms with Crippen LogP contribution in [-0.2, 0) is 12.8 Å². The normalized spacial score (nSPS) is 13.1. The summed E-state index contributed by atoms with van der Waals surface area (Å²) in [5.41, 5.74) is 1.90. The molecule has 0 radical (unpaired) electrons. The van der Waals surface area contributed by atoms with Crippen LogP contribution in [0.3, 0.4) is 0 Å². The second kappa shape index (κ2) is 6.11. The van der Waals surface area contributed by atoms with E-state index in [1.165, 1.54) is 23.8 Å². The Hall–Kier alpha value is -2.47. The zero-order valence-electron chi connectivity index (χ0n) is 14.4. The van der Waals surface area contributed by atoms with Gasteiger partial charge in [-0.2, -0.15) is 4.98 Å². The van der Waals surface area contributed by atoms with Gasteiger partial charge in [0, 0.05) is 10.4 Å². The average molecular weight is 354 g/mol. The highest BCUT2D eigenvalue weighted by Gasteiger charge is 2.23. The molecule has 2 aromatic heterocycles. The summed E-state index contributed by atoms with van der Waals surface area (Å²) in [5, 5.41) is 1.01. The Kier molecular flexibility index (Phi) is 3.92. The molecule has 0 atom stereocenters. The molecular weight excluding hydrogens is 336 g/mol. The lowest BCUT2D eigenvalue weighted by Crippen LogP contribution is -1.99. The van der Waals surface area contributed by atoms with Crippen molar-refractivity contribution in [1.29, 1.82) is 0 Å². The number of Topliss-reactive ketones (excluding diaryl/α,β-unsaturated/α-hetero) is 1. The average Bonchev–Trinajstić information content (AvgIpc) is 3.15. The lowest BCUT2D eigenvalue weighted by Gasteiger charge is -2.12. The van der Waals surface area contributed by atoms with Crippen LogP contribution in [-0.4, -0.2) is 22.9 Å². The van der Waals surface area contributed by atoms with Crippen LogP contribution in [0.1, 0.15) is 40.0 Å². The Morgan fingerprint density at radius 3 is 2.80 bits per heavy atom. The molecule has 5 nitrogen and oxygen atoms in total. The smallest absolute Gasteiger partial charge is 0.231 e. The lowest BCUT2D eigenvalue weighted by atomic mass is 10.1. The van der Waals surface area contributed by atoms with Gasteiger partial charge in [0.15, 0.2) is 17.3 Å². The number of fused-ring (bicyclic) bond motifs is 3. The fourth-order valence-electron chi connectivity index (χ4n) is 3.21. The molecule has 0 spiro atoms. The van der Waals surface area contributed by atoms with Crippen LogP contribution in [0.4, 0.5) is 0 Å². The van der Waals surface area contributed by atoms with Crippen LogP contribution in [0.15, 0.2) is 18.2 Å². The van der Waals surface area contributed by atoms with Crippen molar-refractivity contribution in [3.8, 4) is 17.4 Å². The molecule has 6 heteroatoms. The van der Waals surface area contributed by atoms with Crippen LogP contribution in [0.2, 0.25) is 0 Å². The number of thiophene rings is 1. The molecule has 25 heavy (non-hydrogen) atoms. The van der Waals surface area contributed by atoms with E-state index < -0.39 is 0 Å². The SMILES string of the molecule is COc1cc(C(C)=O)ccc1Oc1nc(C)nc2sc3c(c12)CCC3. The maximum atomic E-state index is 11.6. The number of benzene rings is 1. The first-order chi connectivity index (χ1) is 12.1. The molecule has 0 unspecified atom stereocenters. The Bertz CT molecular complexity index is 994. The number of aromatic nitrogens is 2. The number of carbonyl (C=O) groups excluding carboxylic acids is 1. The summed E-state index contributed by atoms with van der Waals surface area (Å²) < 4.78 is 11.5. The highest BCUT2D eigenvalue weighted by atomic mass is 32.1. The molecule has 0 saturated carbocycles. The second-order valence-electron chi connectivity index (χ2n) is 6.14. The fourth-order valence-corrected chi connectivity index (χ4v) is 4.51. The van der Waals surface area contributed by atoms with Gasteiger partial charge in [0.2, 0.25) is 5.88 Å². The van der Waals surface area contributed by atoms with Gasteiger partial charge in [0.1, 0.15) is 10.7 Å². The van der Waals surface area contributed by atoms with Crippen LogP contribution in [0.5, 0.6) is 17.4 Å². The second-order valence-corrected chi connectivity index (χ2v) is 7.22. The third-order valence-corrected chi connectivity index (χ3v) is 5.61. The molecule has 1 aliphatic rings. The Labute approximate surface area is 149 Å². The van der Waals surface area contributed by atoms with E-state index in [4.69, 9.17) is 9.47 Å². The van der Waals surface area contributed by atoms with Crippen molar-refractivity contribution in [3.05, 3.63) is 40.0 Å². The van der Waals surface area contributed by atoms with E-state index in [0.717, 1.165) is 23.1 Å². The van der Waals surface area contributed by atoms with E-state index in [2.05, 4.69) is 9.97 Å². The standard InChI is InChI=1S/C19H18N2O3S/c1-10(22)12-7-8-14(15(9-12)23-3)24-18-17-13-5-4-6-16(13)25-19(17)21-11(2)20-18/h7-9H,4-6H2,1-3H3. The van der Waals surface area contributed by atoms with E-state index in [1.807, 2.05) is 6.92 Å². The molecule has 1 aromatic carbocycles. The van der Waals surface area contributed by atoms with Gasteiger partial charge in [-0.15, -0.1) is 11.3 Å². The summed E-state index contributed by atoms with van der Waals surface area (Å²) in [7, 11) is 1.56. The molecule has 1 aliphatic carbocycles. The van der Waals surface area contributed by atoms with E-state index in [1.54, 1.807) is 36.6 Å². The molecule has 0 N–H and O–H groups in total. The summed E-state index contributed by atoms with van der Waals surface area (Å²) in [5.74, 6) is 2.30. The Morgan fingerprint density at radius 1 is 1.20 bits per heavy atom. The summed E-state index contributed by atoms with van der Waals surface area (Å²) >= 11 is 1.73. The van der Waals surface area contributed by atoms with E-state index >= 15 is 0 Å². The summed E-state index contributed by atoms with van der Waals surface area (Å²) in [4.78, 5) is 23.0. The number of rotatable bonds is 4. The minimum atomic E-state index is -0.0132. The van der Waals surface area contributed by atoms with Crippen molar-refractivity contribution in [2.24, 2.45) is 0 Å².